The van der Waals surface area contributed by atoms with Gasteiger partial charge in [0.15, 0.2) is 0 Å². The van der Waals surface area contributed by atoms with E-state index in [-0.39, 0.29) is 23.2 Å². The van der Waals surface area contributed by atoms with E-state index in [0.29, 0.717) is 19.3 Å². The van der Waals surface area contributed by atoms with Gasteiger partial charge in [0.1, 0.15) is 9.84 Å². The van der Waals surface area contributed by atoms with Crippen LogP contribution in [0.15, 0.2) is 30.5 Å². The first-order chi connectivity index (χ1) is 11.8. The van der Waals surface area contributed by atoms with Crippen molar-refractivity contribution in [2.24, 2.45) is 7.05 Å². The molecule has 25 heavy (non-hydrogen) atoms. The van der Waals surface area contributed by atoms with Crippen molar-refractivity contribution in [1.29, 1.82) is 0 Å². The molecule has 0 spiro atoms. The molecule has 2 atom stereocenters. The Bertz CT molecular complexity index is 917. The number of rotatable bonds is 3. The topological polar surface area (TPSA) is 59.4 Å². The van der Waals surface area contributed by atoms with Gasteiger partial charge < -0.3 is 9.47 Å². The molecule has 3 heterocycles. The van der Waals surface area contributed by atoms with Crippen LogP contribution in [-0.4, -0.2) is 47.4 Å². The fourth-order valence-corrected chi connectivity index (χ4v) is 5.85. The number of piperidine rings is 1. The number of hydrogen-bond donors (Lipinski definition) is 0. The number of para-hydroxylation sites is 1. The first-order valence-electron chi connectivity index (χ1n) is 8.87. The van der Waals surface area contributed by atoms with Gasteiger partial charge in [0.05, 0.1) is 11.7 Å². The highest BCUT2D eigenvalue weighted by molar-refractivity contribution is 7.91. The van der Waals surface area contributed by atoms with Crippen LogP contribution in [0.5, 0.6) is 0 Å². The molecule has 0 saturated carbocycles. The molecule has 2 aliphatic heterocycles. The minimum Gasteiger partial charge on any atom is -0.350 e. The number of carbonyl (C=O) groups is 1. The molecule has 2 aliphatic rings. The molecule has 0 aliphatic carbocycles. The predicted octanol–water partition coefficient (Wildman–Crippen LogP) is 2.29. The number of benzene rings is 1. The second kappa shape index (κ2) is 5.87. The average Bonchev–Trinajstić information content (AvgIpc) is 3.01. The van der Waals surface area contributed by atoms with E-state index in [1.807, 2.05) is 30.3 Å². The SMILES string of the molecule is Cn1cc(CC(=O)N2C3CCC2CC(S(C)(=O)=O)C3)c2ccccc21. The second-order valence-corrected chi connectivity index (χ2v) is 9.89. The van der Waals surface area contributed by atoms with Gasteiger partial charge in [0.2, 0.25) is 5.91 Å². The van der Waals surface area contributed by atoms with E-state index in [4.69, 9.17) is 0 Å². The highest BCUT2D eigenvalue weighted by Crippen LogP contribution is 2.38. The van der Waals surface area contributed by atoms with Crippen LogP contribution in [0.2, 0.25) is 0 Å². The van der Waals surface area contributed by atoms with Crippen LogP contribution < -0.4 is 0 Å². The molecule has 4 rings (SSSR count). The summed E-state index contributed by atoms with van der Waals surface area (Å²) in [6.45, 7) is 0. The summed E-state index contributed by atoms with van der Waals surface area (Å²) >= 11 is 0. The summed E-state index contributed by atoms with van der Waals surface area (Å²) in [4.78, 5) is 15.0. The Labute approximate surface area is 148 Å². The maximum atomic E-state index is 13.0. The monoisotopic (exact) mass is 360 g/mol. The molecule has 1 amide bonds. The van der Waals surface area contributed by atoms with Crippen molar-refractivity contribution < 1.29 is 13.2 Å². The molecule has 2 saturated heterocycles. The third-order valence-electron chi connectivity index (χ3n) is 5.90. The van der Waals surface area contributed by atoms with Gasteiger partial charge in [-0.05, 0) is 37.3 Å². The number of aryl methyl sites for hydroxylation is 1. The summed E-state index contributed by atoms with van der Waals surface area (Å²) in [5.74, 6) is 0.135. The van der Waals surface area contributed by atoms with Gasteiger partial charge in [0, 0.05) is 42.5 Å². The Morgan fingerprint density at radius 3 is 2.44 bits per heavy atom. The van der Waals surface area contributed by atoms with Crippen molar-refractivity contribution in [3.8, 4) is 0 Å². The fraction of sp³-hybridized carbons (Fsp3) is 0.526. The third-order valence-corrected chi connectivity index (χ3v) is 7.50. The van der Waals surface area contributed by atoms with Gasteiger partial charge in [-0.15, -0.1) is 0 Å². The van der Waals surface area contributed by atoms with Crippen LogP contribution in [0.4, 0.5) is 0 Å². The van der Waals surface area contributed by atoms with Crippen LogP contribution >= 0.6 is 0 Å². The number of fused-ring (bicyclic) bond motifs is 3. The molecule has 2 aromatic rings. The number of aromatic nitrogens is 1. The molecule has 6 heteroatoms. The van der Waals surface area contributed by atoms with Crippen molar-refractivity contribution in [2.75, 3.05) is 6.26 Å². The number of amides is 1. The van der Waals surface area contributed by atoms with Crippen molar-refractivity contribution >= 4 is 26.6 Å². The zero-order valence-electron chi connectivity index (χ0n) is 14.7. The maximum Gasteiger partial charge on any atom is 0.227 e. The molecule has 2 fully saturated rings. The quantitative estimate of drug-likeness (QED) is 0.844. The third kappa shape index (κ3) is 2.86. The van der Waals surface area contributed by atoms with E-state index in [9.17, 15) is 13.2 Å². The summed E-state index contributed by atoms with van der Waals surface area (Å²) in [5, 5.41) is 0.836. The zero-order valence-corrected chi connectivity index (χ0v) is 15.5. The Morgan fingerprint density at radius 1 is 1.16 bits per heavy atom. The van der Waals surface area contributed by atoms with Gasteiger partial charge in [-0.2, -0.15) is 0 Å². The van der Waals surface area contributed by atoms with Crippen molar-refractivity contribution in [1.82, 2.24) is 9.47 Å². The summed E-state index contributed by atoms with van der Waals surface area (Å²) in [6.07, 6.45) is 6.79. The molecule has 5 nitrogen and oxygen atoms in total. The highest BCUT2D eigenvalue weighted by atomic mass is 32.2. The highest BCUT2D eigenvalue weighted by Gasteiger charge is 2.45. The maximum absolute atomic E-state index is 13.0. The van der Waals surface area contributed by atoms with Crippen LogP contribution in [0, 0.1) is 0 Å². The number of hydrogen-bond acceptors (Lipinski definition) is 3. The zero-order chi connectivity index (χ0) is 17.8. The van der Waals surface area contributed by atoms with Crippen molar-refractivity contribution in [3.63, 3.8) is 0 Å². The lowest BCUT2D eigenvalue weighted by atomic mass is 10.0. The Balaban J connectivity index is 1.56. The van der Waals surface area contributed by atoms with Gasteiger partial charge in [0.25, 0.3) is 0 Å². The van der Waals surface area contributed by atoms with E-state index >= 15 is 0 Å². The lowest BCUT2D eigenvalue weighted by Gasteiger charge is -2.38. The van der Waals surface area contributed by atoms with Crippen LogP contribution in [0.3, 0.4) is 0 Å². The summed E-state index contributed by atoms with van der Waals surface area (Å²) < 4.78 is 25.9. The van der Waals surface area contributed by atoms with E-state index in [2.05, 4.69) is 16.7 Å². The number of sulfone groups is 1. The molecule has 0 radical (unpaired) electrons. The molecule has 2 unspecified atom stereocenters. The first-order valence-corrected chi connectivity index (χ1v) is 10.8. The van der Waals surface area contributed by atoms with Gasteiger partial charge in [-0.3, -0.25) is 4.79 Å². The summed E-state index contributed by atoms with van der Waals surface area (Å²) in [5.41, 5.74) is 2.18. The van der Waals surface area contributed by atoms with E-state index in [1.165, 1.54) is 6.26 Å². The molecule has 134 valence electrons. The van der Waals surface area contributed by atoms with E-state index in [1.54, 1.807) is 0 Å². The number of nitrogens with zero attached hydrogens (tertiary/aromatic N) is 2. The Kier molecular flexibility index (Phi) is 3.90. The van der Waals surface area contributed by atoms with Crippen molar-refractivity contribution in [3.05, 3.63) is 36.0 Å². The smallest absolute Gasteiger partial charge is 0.227 e. The number of carbonyl (C=O) groups excluding carboxylic acids is 1. The standard InChI is InChI=1S/C19H24N2O3S/c1-20-12-13(17-5-3-4-6-18(17)20)9-19(22)21-14-7-8-15(21)11-16(10-14)25(2,23)24/h3-6,12,14-16H,7-11H2,1-2H3. The van der Waals surface area contributed by atoms with Crippen LogP contribution in [0.25, 0.3) is 10.9 Å². The Morgan fingerprint density at radius 2 is 1.80 bits per heavy atom. The van der Waals surface area contributed by atoms with Crippen LogP contribution in [-0.2, 0) is 28.1 Å². The molecular weight excluding hydrogens is 336 g/mol. The molecule has 1 aromatic heterocycles. The van der Waals surface area contributed by atoms with E-state index < -0.39 is 9.84 Å². The molecular formula is C19H24N2O3S. The summed E-state index contributed by atoms with van der Waals surface area (Å²) in [6, 6.07) is 8.29. The average molecular weight is 360 g/mol. The van der Waals surface area contributed by atoms with Gasteiger partial charge in [-0.25, -0.2) is 8.42 Å². The van der Waals surface area contributed by atoms with Gasteiger partial charge in [-0.1, -0.05) is 18.2 Å². The molecule has 2 bridgehead atoms. The fourth-order valence-electron chi connectivity index (χ4n) is 4.70. The summed E-state index contributed by atoms with van der Waals surface area (Å²) in [7, 11) is -1.03. The molecule has 0 N–H and O–H groups in total. The van der Waals surface area contributed by atoms with Crippen LogP contribution in [0.1, 0.15) is 31.2 Å². The van der Waals surface area contributed by atoms with Crippen molar-refractivity contribution in [2.45, 2.75) is 49.4 Å². The molecule has 1 aromatic carbocycles. The minimum atomic E-state index is -3.03. The second-order valence-electron chi connectivity index (χ2n) is 7.57. The normalized spacial score (nSPS) is 26.3. The Hall–Kier alpha value is -1.82. The van der Waals surface area contributed by atoms with E-state index in [0.717, 1.165) is 29.3 Å². The minimum absolute atomic E-state index is 0.0842. The lowest BCUT2D eigenvalue weighted by Crippen LogP contribution is -2.50. The first kappa shape index (κ1) is 16.6. The van der Waals surface area contributed by atoms with Gasteiger partial charge >= 0.3 is 0 Å². The lowest BCUT2D eigenvalue weighted by molar-refractivity contribution is -0.134. The largest absolute Gasteiger partial charge is 0.350 e. The predicted molar refractivity (Wildman–Crippen MR) is 98.1 cm³/mol.